The monoisotopic (exact) mass is 786 g/mol. The van der Waals surface area contributed by atoms with Crippen LogP contribution in [0.15, 0.2) is 183 Å². The Morgan fingerprint density at radius 3 is 1.42 bits per heavy atom. The van der Waals surface area contributed by atoms with Crippen LogP contribution in [0, 0.1) is 0 Å². The molecule has 0 aliphatic carbocycles. The lowest BCUT2D eigenvalue weighted by Crippen LogP contribution is -2.09. The average Bonchev–Trinajstić information content (AvgIpc) is 3.71. The van der Waals surface area contributed by atoms with Crippen molar-refractivity contribution in [2.75, 3.05) is 4.90 Å². The van der Waals surface area contributed by atoms with E-state index in [2.05, 4.69) is 152 Å². The zero-order valence-electron chi connectivity index (χ0n) is 31.8. The molecule has 280 valence electrons. The number of nitrogens with zero attached hydrogens (tertiary/aromatic N) is 8. The fourth-order valence-electron chi connectivity index (χ4n) is 8.23. The summed E-state index contributed by atoms with van der Waals surface area (Å²) in [5.74, 6) is 0. The topological polar surface area (TPSA) is 93.5 Å². The predicted octanol–water partition coefficient (Wildman–Crippen LogP) is 12.9. The Labute approximate surface area is 347 Å². The summed E-state index contributed by atoms with van der Waals surface area (Å²) in [6.07, 6.45) is 11.0. The van der Waals surface area contributed by atoms with E-state index in [0.717, 1.165) is 115 Å². The fourth-order valence-corrected chi connectivity index (χ4v) is 9.34. The van der Waals surface area contributed by atoms with Gasteiger partial charge in [0.15, 0.2) is 0 Å². The first kappa shape index (κ1) is 34.1. The Morgan fingerprint density at radius 2 is 0.850 bits per heavy atom. The second-order valence-electron chi connectivity index (χ2n) is 14.7. The van der Waals surface area contributed by atoms with Crippen molar-refractivity contribution in [3.05, 3.63) is 183 Å². The number of fused-ring (bicyclic) bond motifs is 9. The Kier molecular flexibility index (Phi) is 7.85. The van der Waals surface area contributed by atoms with Gasteiger partial charge in [0.2, 0.25) is 0 Å². The summed E-state index contributed by atoms with van der Waals surface area (Å²) in [6, 6.07) is 50.9. The van der Waals surface area contributed by atoms with Gasteiger partial charge in [-0.1, -0.05) is 72.8 Å². The molecule has 0 aliphatic heterocycles. The molecular formula is C51H30N8S. The van der Waals surface area contributed by atoms with Crippen molar-refractivity contribution in [2.24, 2.45) is 0 Å². The molecule has 0 aliphatic rings. The number of benzene rings is 5. The molecule has 0 unspecified atom stereocenters. The highest BCUT2D eigenvalue weighted by Crippen LogP contribution is 2.40. The number of rotatable bonds is 6. The molecule has 12 rings (SSSR count). The first-order valence-corrected chi connectivity index (χ1v) is 20.4. The maximum absolute atomic E-state index is 4.87. The molecule has 12 aromatic rings. The molecule has 0 radical (unpaired) electrons. The Morgan fingerprint density at radius 1 is 0.367 bits per heavy atom. The molecule has 9 heteroatoms. The molecule has 7 heterocycles. The van der Waals surface area contributed by atoms with Crippen LogP contribution in [0.5, 0.6) is 0 Å². The summed E-state index contributed by atoms with van der Waals surface area (Å²) in [5, 5.41) is 5.33. The number of thiophene rings is 1. The Hall–Kier alpha value is -8.01. The summed E-state index contributed by atoms with van der Waals surface area (Å²) >= 11 is 1.63. The zero-order valence-corrected chi connectivity index (χ0v) is 32.6. The van der Waals surface area contributed by atoms with Crippen molar-refractivity contribution in [1.29, 1.82) is 0 Å². The van der Waals surface area contributed by atoms with E-state index in [1.807, 2.05) is 49.2 Å². The highest BCUT2D eigenvalue weighted by atomic mass is 32.1. The van der Waals surface area contributed by atoms with Crippen molar-refractivity contribution in [3.63, 3.8) is 0 Å². The van der Waals surface area contributed by atoms with E-state index in [9.17, 15) is 0 Å². The molecular weight excluding hydrogens is 757 g/mol. The van der Waals surface area contributed by atoms with Crippen molar-refractivity contribution < 1.29 is 0 Å². The van der Waals surface area contributed by atoms with Crippen LogP contribution in [-0.4, -0.2) is 34.9 Å². The third kappa shape index (κ3) is 5.71. The van der Waals surface area contributed by atoms with Gasteiger partial charge in [-0.2, -0.15) is 0 Å². The minimum Gasteiger partial charge on any atom is -0.311 e. The van der Waals surface area contributed by atoms with Gasteiger partial charge in [0.25, 0.3) is 0 Å². The van der Waals surface area contributed by atoms with Gasteiger partial charge in [-0.3, -0.25) is 19.9 Å². The minimum atomic E-state index is 0.898. The molecule has 0 bridgehead atoms. The maximum Gasteiger partial charge on any atom is 0.126 e. The number of hydrogen-bond donors (Lipinski definition) is 0. The van der Waals surface area contributed by atoms with Crippen LogP contribution in [0.25, 0.3) is 97.6 Å². The van der Waals surface area contributed by atoms with Gasteiger partial charge in [0.05, 0.1) is 38.0 Å². The lowest BCUT2D eigenvalue weighted by Gasteiger charge is -2.26. The first-order chi connectivity index (χ1) is 29.7. The zero-order chi connectivity index (χ0) is 39.6. The standard InChI is InChI=1S/C51H30N8S/c1-4-33-7-9-36-26-38(28-55-46(36)44(33)52-23-1)31-11-17-40(18-12-31)59(42-21-15-35(16-22-42)48-50-49(58-30-57-48)43-6-3-25-54-51(43)60-50)41-19-13-32(14-20-41)39-27-37-10-8-34-5-2-24-53-45(34)47(37)56-29-39/h1-30H. The van der Waals surface area contributed by atoms with Crippen LogP contribution in [-0.2, 0) is 0 Å². The van der Waals surface area contributed by atoms with Crippen molar-refractivity contribution in [1.82, 2.24) is 34.9 Å². The van der Waals surface area contributed by atoms with E-state index in [4.69, 9.17) is 15.0 Å². The lowest BCUT2D eigenvalue weighted by atomic mass is 10.0. The molecule has 0 amide bonds. The van der Waals surface area contributed by atoms with Crippen LogP contribution >= 0.6 is 11.3 Å². The Bertz CT molecular complexity index is 3440. The van der Waals surface area contributed by atoms with Crippen LogP contribution in [0.3, 0.4) is 0 Å². The van der Waals surface area contributed by atoms with E-state index < -0.39 is 0 Å². The molecule has 0 saturated carbocycles. The Balaban J connectivity index is 0.923. The molecule has 5 aromatic carbocycles. The molecule has 0 spiro atoms. The van der Waals surface area contributed by atoms with Crippen molar-refractivity contribution >= 4 is 92.4 Å². The molecule has 8 nitrogen and oxygen atoms in total. The van der Waals surface area contributed by atoms with Crippen LogP contribution in [0.2, 0.25) is 0 Å². The third-order valence-electron chi connectivity index (χ3n) is 11.2. The van der Waals surface area contributed by atoms with Gasteiger partial charge in [0, 0.05) is 91.7 Å². The summed E-state index contributed by atoms with van der Waals surface area (Å²) in [5.41, 5.74) is 13.8. The van der Waals surface area contributed by atoms with E-state index in [-0.39, 0.29) is 0 Å². The number of pyridine rings is 5. The highest BCUT2D eigenvalue weighted by molar-refractivity contribution is 7.25. The lowest BCUT2D eigenvalue weighted by molar-refractivity contribution is 1.23. The molecule has 0 fully saturated rings. The number of aromatic nitrogens is 7. The summed E-state index contributed by atoms with van der Waals surface area (Å²) < 4.78 is 1.03. The predicted molar refractivity (Wildman–Crippen MR) is 245 cm³/mol. The molecule has 0 atom stereocenters. The van der Waals surface area contributed by atoms with Gasteiger partial charge < -0.3 is 4.90 Å². The third-order valence-corrected chi connectivity index (χ3v) is 12.3. The number of hydrogen-bond acceptors (Lipinski definition) is 9. The second-order valence-corrected chi connectivity index (χ2v) is 15.7. The van der Waals surface area contributed by atoms with E-state index >= 15 is 0 Å². The first-order valence-electron chi connectivity index (χ1n) is 19.6. The fraction of sp³-hybridized carbons (Fsp3) is 0. The van der Waals surface area contributed by atoms with E-state index in [1.165, 1.54) is 0 Å². The SMILES string of the molecule is c1cnc2c(c1)ccc1cc(-c3ccc(N(c4ccc(-c5cnc6c(ccc7cccnc76)c5)cc4)c4ccc(-c5ncnc6c5sc5ncccc56)cc4)cc3)cnc12. The number of anilines is 3. The molecule has 60 heavy (non-hydrogen) atoms. The summed E-state index contributed by atoms with van der Waals surface area (Å²) in [4.78, 5) is 36.2. The minimum absolute atomic E-state index is 0.898. The maximum atomic E-state index is 4.87. The summed E-state index contributed by atoms with van der Waals surface area (Å²) in [6.45, 7) is 0. The van der Waals surface area contributed by atoms with E-state index in [1.54, 1.807) is 17.7 Å². The van der Waals surface area contributed by atoms with Crippen LogP contribution in [0.1, 0.15) is 0 Å². The molecule has 7 aromatic heterocycles. The largest absolute Gasteiger partial charge is 0.311 e. The van der Waals surface area contributed by atoms with Gasteiger partial charge in [-0.25, -0.2) is 15.0 Å². The quantitative estimate of drug-likeness (QED) is 0.154. The molecule has 0 N–H and O–H groups in total. The second kappa shape index (κ2) is 13.8. The van der Waals surface area contributed by atoms with Crippen molar-refractivity contribution in [3.8, 4) is 33.5 Å². The van der Waals surface area contributed by atoms with Gasteiger partial charge >= 0.3 is 0 Å². The molecule has 0 saturated heterocycles. The van der Waals surface area contributed by atoms with Gasteiger partial charge in [-0.05, 0) is 83.9 Å². The van der Waals surface area contributed by atoms with Gasteiger partial charge in [0.1, 0.15) is 11.2 Å². The van der Waals surface area contributed by atoms with E-state index in [0.29, 0.717) is 0 Å². The van der Waals surface area contributed by atoms with Crippen molar-refractivity contribution in [2.45, 2.75) is 0 Å². The van der Waals surface area contributed by atoms with Crippen LogP contribution in [0.4, 0.5) is 17.1 Å². The van der Waals surface area contributed by atoms with Crippen LogP contribution < -0.4 is 4.90 Å². The normalized spacial score (nSPS) is 11.7. The van der Waals surface area contributed by atoms with Gasteiger partial charge in [-0.15, -0.1) is 11.3 Å². The smallest absolute Gasteiger partial charge is 0.126 e. The summed E-state index contributed by atoms with van der Waals surface area (Å²) in [7, 11) is 0. The highest BCUT2D eigenvalue weighted by Gasteiger charge is 2.17. The average molecular weight is 787 g/mol.